The molecule has 0 amide bonds. The fraction of sp³-hybridized carbons (Fsp3) is 0.444. The van der Waals surface area contributed by atoms with Crippen molar-refractivity contribution in [1.29, 1.82) is 0 Å². The molecule has 64 valence electrons. The van der Waals surface area contributed by atoms with E-state index in [9.17, 15) is 5.11 Å². The monoisotopic (exact) mass is 183 g/mol. The summed E-state index contributed by atoms with van der Waals surface area (Å²) in [5.74, 6) is 0. The Morgan fingerprint density at radius 3 is 3.25 bits per heavy atom. The van der Waals surface area contributed by atoms with Crippen LogP contribution in [0.2, 0.25) is 5.15 Å². The average Bonchev–Trinajstić information content (AvgIpc) is 2.04. The number of aliphatic hydroxyl groups is 1. The Morgan fingerprint density at radius 1 is 1.58 bits per heavy atom. The number of aromatic nitrogens is 1. The highest BCUT2D eigenvalue weighted by Gasteiger charge is 2.17. The first kappa shape index (κ1) is 8.02. The van der Waals surface area contributed by atoms with E-state index in [4.69, 9.17) is 11.6 Å². The summed E-state index contributed by atoms with van der Waals surface area (Å²) in [5.41, 5.74) is 2.10. The first-order valence-corrected chi connectivity index (χ1v) is 4.47. The Kier molecular flexibility index (Phi) is 2.03. The number of fused-ring (bicyclic) bond motifs is 1. The van der Waals surface area contributed by atoms with Crippen LogP contribution < -0.4 is 0 Å². The molecule has 1 aromatic rings. The van der Waals surface area contributed by atoms with Gasteiger partial charge in [0.05, 0.1) is 6.10 Å². The third-order valence-electron chi connectivity index (χ3n) is 2.27. The highest BCUT2D eigenvalue weighted by atomic mass is 35.5. The molecule has 0 aliphatic heterocycles. The maximum atomic E-state index is 9.57. The lowest BCUT2D eigenvalue weighted by molar-refractivity contribution is 0.156. The second-order valence-corrected chi connectivity index (χ2v) is 3.50. The van der Waals surface area contributed by atoms with Crippen molar-refractivity contribution in [2.45, 2.75) is 25.4 Å². The van der Waals surface area contributed by atoms with Gasteiger partial charge >= 0.3 is 0 Å². The van der Waals surface area contributed by atoms with Crippen LogP contribution in [0.25, 0.3) is 0 Å². The van der Waals surface area contributed by atoms with E-state index >= 15 is 0 Å². The molecule has 0 radical (unpaired) electrons. The lowest BCUT2D eigenvalue weighted by atomic mass is 9.91. The van der Waals surface area contributed by atoms with Gasteiger partial charge in [-0.2, -0.15) is 0 Å². The fourth-order valence-corrected chi connectivity index (χ4v) is 1.82. The number of rotatable bonds is 0. The first-order valence-electron chi connectivity index (χ1n) is 4.10. The van der Waals surface area contributed by atoms with Crippen LogP contribution in [0.4, 0.5) is 0 Å². The molecule has 0 saturated carbocycles. The van der Waals surface area contributed by atoms with Crippen LogP contribution in [0.1, 0.15) is 30.1 Å². The van der Waals surface area contributed by atoms with Crippen molar-refractivity contribution < 1.29 is 5.11 Å². The van der Waals surface area contributed by atoms with Crippen LogP contribution in [0, 0.1) is 0 Å². The molecule has 12 heavy (non-hydrogen) atoms. The Morgan fingerprint density at radius 2 is 2.42 bits per heavy atom. The van der Waals surface area contributed by atoms with Gasteiger partial charge in [0.15, 0.2) is 0 Å². The number of halogens is 1. The highest BCUT2D eigenvalue weighted by Crippen LogP contribution is 2.29. The van der Waals surface area contributed by atoms with Gasteiger partial charge < -0.3 is 5.11 Å². The van der Waals surface area contributed by atoms with Gasteiger partial charge in [-0.1, -0.05) is 11.6 Å². The standard InChI is InChI=1S/C9H10ClNO/c10-9-4-6-2-1-3-8(12)7(6)5-11-9/h4-5,8,12H,1-3H2/t8-/m1/s1. The van der Waals surface area contributed by atoms with Gasteiger partial charge in [0.2, 0.25) is 0 Å². The van der Waals surface area contributed by atoms with Gasteiger partial charge in [-0.25, -0.2) is 4.98 Å². The Balaban J connectivity index is 2.46. The van der Waals surface area contributed by atoms with E-state index in [1.807, 2.05) is 6.07 Å². The SMILES string of the molecule is O[C@@H]1CCCc2cc(Cl)ncc21. The van der Waals surface area contributed by atoms with Gasteiger partial charge in [-0.3, -0.25) is 0 Å². The molecule has 1 aliphatic rings. The summed E-state index contributed by atoms with van der Waals surface area (Å²) in [6.45, 7) is 0. The molecule has 2 nitrogen and oxygen atoms in total. The van der Waals surface area contributed by atoms with Gasteiger partial charge in [-0.05, 0) is 30.9 Å². The molecule has 1 atom stereocenters. The molecule has 1 aliphatic carbocycles. The van der Waals surface area contributed by atoms with E-state index < -0.39 is 0 Å². The third-order valence-corrected chi connectivity index (χ3v) is 2.48. The van der Waals surface area contributed by atoms with E-state index in [0.29, 0.717) is 5.15 Å². The minimum atomic E-state index is -0.335. The van der Waals surface area contributed by atoms with E-state index in [0.717, 1.165) is 30.4 Å². The highest BCUT2D eigenvalue weighted by molar-refractivity contribution is 6.29. The number of hydrogen-bond donors (Lipinski definition) is 1. The minimum absolute atomic E-state index is 0.335. The van der Waals surface area contributed by atoms with Gasteiger partial charge in [-0.15, -0.1) is 0 Å². The molecule has 3 heteroatoms. The maximum Gasteiger partial charge on any atom is 0.129 e. The smallest absolute Gasteiger partial charge is 0.129 e. The van der Waals surface area contributed by atoms with Crippen LogP contribution >= 0.6 is 11.6 Å². The summed E-state index contributed by atoms with van der Waals surface area (Å²) in [6.07, 6.45) is 4.24. The van der Waals surface area contributed by atoms with Crippen LogP contribution in [-0.2, 0) is 6.42 Å². The van der Waals surface area contributed by atoms with E-state index in [1.54, 1.807) is 6.20 Å². The van der Waals surface area contributed by atoms with Crippen molar-refractivity contribution in [3.63, 3.8) is 0 Å². The fourth-order valence-electron chi connectivity index (χ4n) is 1.64. The second-order valence-electron chi connectivity index (χ2n) is 3.11. The normalized spacial score (nSPS) is 22.0. The van der Waals surface area contributed by atoms with Crippen molar-refractivity contribution in [2.24, 2.45) is 0 Å². The van der Waals surface area contributed by atoms with Crippen LogP contribution in [0.3, 0.4) is 0 Å². The number of aryl methyl sites for hydroxylation is 1. The lowest BCUT2D eigenvalue weighted by Gasteiger charge is -2.20. The van der Waals surface area contributed by atoms with E-state index in [1.165, 1.54) is 0 Å². The lowest BCUT2D eigenvalue weighted by Crippen LogP contribution is -2.09. The minimum Gasteiger partial charge on any atom is -0.388 e. The Labute approximate surface area is 76.2 Å². The summed E-state index contributed by atoms with van der Waals surface area (Å²) in [5, 5.41) is 10.1. The number of aliphatic hydroxyl groups excluding tert-OH is 1. The van der Waals surface area contributed by atoms with Gasteiger partial charge in [0, 0.05) is 11.8 Å². The summed E-state index contributed by atoms with van der Waals surface area (Å²) < 4.78 is 0. The largest absolute Gasteiger partial charge is 0.388 e. The summed E-state index contributed by atoms with van der Waals surface area (Å²) in [4.78, 5) is 3.95. The van der Waals surface area contributed by atoms with Crippen molar-refractivity contribution in [3.05, 3.63) is 28.5 Å². The van der Waals surface area contributed by atoms with Crippen LogP contribution in [-0.4, -0.2) is 10.1 Å². The summed E-state index contributed by atoms with van der Waals surface area (Å²) in [7, 11) is 0. The Bertz CT molecular complexity index is 301. The quantitative estimate of drug-likeness (QED) is 0.625. The van der Waals surface area contributed by atoms with Crippen molar-refractivity contribution >= 4 is 11.6 Å². The zero-order valence-electron chi connectivity index (χ0n) is 6.63. The predicted octanol–water partition coefficient (Wildman–Crippen LogP) is 2.10. The average molecular weight is 184 g/mol. The number of nitrogens with zero attached hydrogens (tertiary/aromatic N) is 1. The molecule has 0 bridgehead atoms. The van der Waals surface area contributed by atoms with Gasteiger partial charge in [0.1, 0.15) is 5.15 Å². The molecule has 2 rings (SSSR count). The molecule has 0 spiro atoms. The third kappa shape index (κ3) is 1.32. The number of hydrogen-bond acceptors (Lipinski definition) is 2. The molecule has 0 aromatic carbocycles. The molecule has 1 aromatic heterocycles. The predicted molar refractivity (Wildman–Crippen MR) is 47.1 cm³/mol. The van der Waals surface area contributed by atoms with E-state index in [2.05, 4.69) is 4.98 Å². The zero-order chi connectivity index (χ0) is 8.55. The maximum absolute atomic E-state index is 9.57. The van der Waals surface area contributed by atoms with Crippen LogP contribution in [0.5, 0.6) is 0 Å². The van der Waals surface area contributed by atoms with Crippen molar-refractivity contribution in [3.8, 4) is 0 Å². The molecular weight excluding hydrogens is 174 g/mol. The van der Waals surface area contributed by atoms with Crippen molar-refractivity contribution in [1.82, 2.24) is 4.98 Å². The molecule has 0 unspecified atom stereocenters. The Hall–Kier alpha value is -0.600. The molecule has 0 fully saturated rings. The zero-order valence-corrected chi connectivity index (χ0v) is 7.38. The molecule has 0 saturated heterocycles. The number of pyridine rings is 1. The molecule has 1 heterocycles. The summed E-state index contributed by atoms with van der Waals surface area (Å²) >= 11 is 5.73. The summed E-state index contributed by atoms with van der Waals surface area (Å²) in [6, 6.07) is 1.85. The topological polar surface area (TPSA) is 33.1 Å². The first-order chi connectivity index (χ1) is 5.77. The molecular formula is C9H10ClNO. The van der Waals surface area contributed by atoms with E-state index in [-0.39, 0.29) is 6.10 Å². The molecule has 1 N–H and O–H groups in total. The second kappa shape index (κ2) is 3.04. The van der Waals surface area contributed by atoms with Crippen molar-refractivity contribution in [2.75, 3.05) is 0 Å². The van der Waals surface area contributed by atoms with Crippen LogP contribution in [0.15, 0.2) is 12.3 Å². The van der Waals surface area contributed by atoms with Gasteiger partial charge in [0.25, 0.3) is 0 Å².